The third kappa shape index (κ3) is 3.51. The number of anilines is 1. The molecule has 1 atom stereocenters. The summed E-state index contributed by atoms with van der Waals surface area (Å²) in [5.41, 5.74) is 1.06. The third-order valence-corrected chi connectivity index (χ3v) is 4.88. The number of hydrogen-bond acceptors (Lipinski definition) is 5. The molecule has 2 heterocycles. The molecule has 1 aliphatic heterocycles. The zero-order chi connectivity index (χ0) is 14.7. The van der Waals surface area contributed by atoms with Crippen molar-refractivity contribution in [1.82, 2.24) is 10.3 Å². The van der Waals surface area contributed by atoms with E-state index < -0.39 is 5.97 Å². The highest BCUT2D eigenvalue weighted by Crippen LogP contribution is 2.31. The lowest BCUT2D eigenvalue weighted by Gasteiger charge is -2.32. The van der Waals surface area contributed by atoms with Crippen molar-refractivity contribution in [3.05, 3.63) is 24.3 Å². The molecule has 21 heavy (non-hydrogen) atoms. The summed E-state index contributed by atoms with van der Waals surface area (Å²) in [6, 6.07) is 8.21. The van der Waals surface area contributed by atoms with Crippen LogP contribution in [-0.2, 0) is 4.79 Å². The smallest absolute Gasteiger partial charge is 0.317 e. The first-order valence-corrected chi connectivity index (χ1v) is 8.07. The van der Waals surface area contributed by atoms with Gasteiger partial charge < -0.3 is 15.3 Å². The van der Waals surface area contributed by atoms with E-state index in [0.29, 0.717) is 5.92 Å². The second-order valence-corrected chi connectivity index (χ2v) is 6.45. The number of aliphatic carboxylic acids is 1. The molecule has 112 valence electrons. The number of aromatic nitrogens is 1. The number of fused-ring (bicyclic) bond motifs is 1. The Morgan fingerprint density at radius 2 is 2.33 bits per heavy atom. The molecule has 1 aromatic carbocycles. The Kier molecular flexibility index (Phi) is 4.36. The van der Waals surface area contributed by atoms with Gasteiger partial charge in [-0.15, -0.1) is 0 Å². The first-order valence-electron chi connectivity index (χ1n) is 7.25. The zero-order valence-corrected chi connectivity index (χ0v) is 12.6. The largest absolute Gasteiger partial charge is 0.480 e. The first kappa shape index (κ1) is 14.3. The molecule has 1 aromatic heterocycles. The molecule has 0 bridgehead atoms. The lowest BCUT2D eigenvalue weighted by Crippen LogP contribution is -2.40. The molecule has 2 aromatic rings. The van der Waals surface area contributed by atoms with Crippen LogP contribution in [-0.4, -0.2) is 42.2 Å². The van der Waals surface area contributed by atoms with E-state index in [0.717, 1.165) is 43.1 Å². The van der Waals surface area contributed by atoms with Gasteiger partial charge in [-0.05, 0) is 30.9 Å². The van der Waals surface area contributed by atoms with Gasteiger partial charge in [-0.1, -0.05) is 23.5 Å². The van der Waals surface area contributed by atoms with Crippen LogP contribution in [0.1, 0.15) is 12.8 Å². The first-order chi connectivity index (χ1) is 10.2. The van der Waals surface area contributed by atoms with E-state index in [4.69, 9.17) is 10.1 Å². The zero-order valence-electron chi connectivity index (χ0n) is 11.8. The van der Waals surface area contributed by atoms with Crippen LogP contribution in [0.4, 0.5) is 5.13 Å². The van der Waals surface area contributed by atoms with Crippen molar-refractivity contribution in [2.45, 2.75) is 12.8 Å². The maximum atomic E-state index is 10.5. The van der Waals surface area contributed by atoms with Gasteiger partial charge in [-0.25, -0.2) is 4.98 Å². The second kappa shape index (κ2) is 6.41. The Labute approximate surface area is 127 Å². The van der Waals surface area contributed by atoms with Crippen molar-refractivity contribution in [2.24, 2.45) is 5.92 Å². The highest BCUT2D eigenvalue weighted by molar-refractivity contribution is 7.22. The van der Waals surface area contributed by atoms with E-state index in [1.54, 1.807) is 11.3 Å². The number of piperidine rings is 1. The molecule has 1 unspecified atom stereocenters. The molecule has 1 fully saturated rings. The molecular weight excluding hydrogens is 286 g/mol. The van der Waals surface area contributed by atoms with Gasteiger partial charge in [0.2, 0.25) is 0 Å². The van der Waals surface area contributed by atoms with Crippen molar-refractivity contribution in [3.63, 3.8) is 0 Å². The quantitative estimate of drug-likeness (QED) is 0.886. The number of thiazole rings is 1. The van der Waals surface area contributed by atoms with Crippen LogP contribution in [0.3, 0.4) is 0 Å². The summed E-state index contributed by atoms with van der Waals surface area (Å²) in [6.45, 7) is 2.78. The number of carboxylic acids is 1. The predicted molar refractivity (Wildman–Crippen MR) is 85.1 cm³/mol. The van der Waals surface area contributed by atoms with Gasteiger partial charge in [0, 0.05) is 19.6 Å². The standard InChI is InChI=1S/C15H19N3O2S/c19-14(20)9-16-8-11-4-3-7-18(10-11)15-17-12-5-1-2-6-13(12)21-15/h1-2,5-6,11,16H,3-4,7-10H2,(H,19,20). The Morgan fingerprint density at radius 1 is 1.48 bits per heavy atom. The van der Waals surface area contributed by atoms with Gasteiger partial charge >= 0.3 is 5.97 Å². The number of benzene rings is 1. The fourth-order valence-electron chi connectivity index (χ4n) is 2.78. The molecule has 0 aliphatic carbocycles. The van der Waals surface area contributed by atoms with Crippen molar-refractivity contribution >= 4 is 32.7 Å². The topological polar surface area (TPSA) is 65.5 Å². The van der Waals surface area contributed by atoms with E-state index in [2.05, 4.69) is 16.3 Å². The second-order valence-electron chi connectivity index (χ2n) is 5.44. The molecular formula is C15H19N3O2S. The van der Waals surface area contributed by atoms with Gasteiger partial charge in [0.15, 0.2) is 5.13 Å². The van der Waals surface area contributed by atoms with Gasteiger partial charge in [-0.2, -0.15) is 0 Å². The average molecular weight is 305 g/mol. The summed E-state index contributed by atoms with van der Waals surface area (Å²) in [6.07, 6.45) is 2.28. The fourth-order valence-corrected chi connectivity index (χ4v) is 3.78. The molecule has 3 rings (SSSR count). The summed E-state index contributed by atoms with van der Waals surface area (Å²) < 4.78 is 1.22. The van der Waals surface area contributed by atoms with E-state index in [1.165, 1.54) is 4.70 Å². The van der Waals surface area contributed by atoms with Crippen molar-refractivity contribution in [3.8, 4) is 0 Å². The van der Waals surface area contributed by atoms with E-state index >= 15 is 0 Å². The van der Waals surface area contributed by atoms with E-state index in [9.17, 15) is 4.79 Å². The maximum absolute atomic E-state index is 10.5. The van der Waals surface area contributed by atoms with Crippen LogP contribution in [0.15, 0.2) is 24.3 Å². The monoisotopic (exact) mass is 305 g/mol. The SMILES string of the molecule is O=C(O)CNCC1CCCN(c2nc3ccccc3s2)C1. The van der Waals surface area contributed by atoms with Crippen molar-refractivity contribution in [1.29, 1.82) is 0 Å². The Balaban J connectivity index is 1.63. The molecule has 0 radical (unpaired) electrons. The van der Waals surface area contributed by atoms with Crippen molar-refractivity contribution < 1.29 is 9.90 Å². The highest BCUT2D eigenvalue weighted by Gasteiger charge is 2.22. The Bertz CT molecular complexity index is 595. The summed E-state index contributed by atoms with van der Waals surface area (Å²) in [7, 11) is 0. The minimum atomic E-state index is -0.797. The van der Waals surface area contributed by atoms with Crippen molar-refractivity contribution in [2.75, 3.05) is 31.1 Å². The maximum Gasteiger partial charge on any atom is 0.317 e. The molecule has 1 saturated heterocycles. The third-order valence-electron chi connectivity index (χ3n) is 3.78. The van der Waals surface area contributed by atoms with E-state index in [1.807, 2.05) is 18.2 Å². The van der Waals surface area contributed by atoms with Crippen LogP contribution in [0, 0.1) is 5.92 Å². The minimum absolute atomic E-state index is 0.0393. The predicted octanol–water partition coefficient (Wildman–Crippen LogP) is 2.19. The number of hydrogen-bond donors (Lipinski definition) is 2. The summed E-state index contributed by atoms with van der Waals surface area (Å²) in [5, 5.41) is 12.8. The number of nitrogens with one attached hydrogen (secondary N) is 1. The lowest BCUT2D eigenvalue weighted by molar-refractivity contribution is -0.136. The van der Waals surface area contributed by atoms with Crippen LogP contribution >= 0.6 is 11.3 Å². The molecule has 2 N–H and O–H groups in total. The van der Waals surface area contributed by atoms with Crippen LogP contribution in [0.2, 0.25) is 0 Å². The Morgan fingerprint density at radius 3 is 3.14 bits per heavy atom. The molecule has 0 amide bonds. The van der Waals surface area contributed by atoms with Crippen LogP contribution in [0.5, 0.6) is 0 Å². The number of carbonyl (C=O) groups is 1. The number of para-hydroxylation sites is 1. The Hall–Kier alpha value is -1.66. The van der Waals surface area contributed by atoms with Crippen LogP contribution < -0.4 is 10.2 Å². The van der Waals surface area contributed by atoms with Gasteiger partial charge in [0.1, 0.15) is 0 Å². The highest BCUT2D eigenvalue weighted by atomic mass is 32.1. The van der Waals surface area contributed by atoms with Gasteiger partial charge in [0.25, 0.3) is 0 Å². The lowest BCUT2D eigenvalue weighted by atomic mass is 9.98. The normalized spacial score (nSPS) is 19.0. The molecule has 5 nitrogen and oxygen atoms in total. The number of rotatable bonds is 5. The van der Waals surface area contributed by atoms with Gasteiger partial charge in [-0.3, -0.25) is 4.79 Å². The molecule has 0 saturated carbocycles. The summed E-state index contributed by atoms with van der Waals surface area (Å²) in [4.78, 5) is 17.6. The number of nitrogens with zero attached hydrogens (tertiary/aromatic N) is 2. The molecule has 6 heteroatoms. The minimum Gasteiger partial charge on any atom is -0.480 e. The average Bonchev–Trinajstić information content (AvgIpc) is 2.91. The van der Waals surface area contributed by atoms with Gasteiger partial charge in [0.05, 0.1) is 16.8 Å². The fraction of sp³-hybridized carbons (Fsp3) is 0.467. The number of carboxylic acid groups (broad SMARTS) is 1. The summed E-state index contributed by atoms with van der Waals surface area (Å²) in [5.74, 6) is -0.307. The van der Waals surface area contributed by atoms with Crippen LogP contribution in [0.25, 0.3) is 10.2 Å². The van der Waals surface area contributed by atoms with E-state index in [-0.39, 0.29) is 6.54 Å². The summed E-state index contributed by atoms with van der Waals surface area (Å²) >= 11 is 1.73. The molecule has 1 aliphatic rings. The molecule has 0 spiro atoms.